The molecule has 2 aromatic rings. The summed E-state index contributed by atoms with van der Waals surface area (Å²) >= 11 is 0. The molecule has 0 aliphatic heterocycles. The first-order chi connectivity index (χ1) is 6.29. The molecule has 0 atom stereocenters. The van der Waals surface area contributed by atoms with Crippen molar-refractivity contribution in [3.05, 3.63) is 35.1 Å². The van der Waals surface area contributed by atoms with E-state index in [-0.39, 0.29) is 11.2 Å². The molecular weight excluding hydrogens is 170 g/mol. The molecule has 0 radical (unpaired) electrons. The smallest absolute Gasteiger partial charge is 0.271 e. The maximum atomic E-state index is 11.1. The van der Waals surface area contributed by atoms with Crippen molar-refractivity contribution >= 4 is 5.69 Å². The lowest BCUT2D eigenvalue weighted by Gasteiger charge is -1.98. The summed E-state index contributed by atoms with van der Waals surface area (Å²) in [6, 6.07) is 1.70. The number of pyridine rings is 1. The molecule has 5 heteroatoms. The van der Waals surface area contributed by atoms with Crippen LogP contribution in [0.2, 0.25) is 0 Å². The Bertz CT molecular complexity index is 458. The SMILES string of the molecule is Nc1c(-c2cnoc2)cc[nH]c1=O. The van der Waals surface area contributed by atoms with E-state index in [2.05, 4.69) is 14.7 Å². The number of hydrogen-bond donors (Lipinski definition) is 2. The van der Waals surface area contributed by atoms with Gasteiger partial charge in [0, 0.05) is 17.3 Å². The number of anilines is 1. The van der Waals surface area contributed by atoms with Crippen LogP contribution in [0.4, 0.5) is 5.69 Å². The molecule has 13 heavy (non-hydrogen) atoms. The fraction of sp³-hybridized carbons (Fsp3) is 0. The van der Waals surface area contributed by atoms with Crippen LogP contribution in [0.3, 0.4) is 0 Å². The van der Waals surface area contributed by atoms with E-state index in [9.17, 15) is 4.79 Å². The quantitative estimate of drug-likeness (QED) is 0.668. The van der Waals surface area contributed by atoms with E-state index in [1.165, 1.54) is 18.7 Å². The average Bonchev–Trinajstić information content (AvgIpc) is 2.62. The molecule has 3 N–H and O–H groups in total. The van der Waals surface area contributed by atoms with Crippen LogP contribution in [0.15, 0.2) is 34.0 Å². The molecule has 2 aromatic heterocycles. The van der Waals surface area contributed by atoms with Crippen LogP contribution < -0.4 is 11.3 Å². The number of aromatic nitrogens is 2. The third kappa shape index (κ3) is 1.20. The van der Waals surface area contributed by atoms with E-state index in [1.54, 1.807) is 6.07 Å². The second-order valence-corrected chi connectivity index (χ2v) is 2.55. The van der Waals surface area contributed by atoms with Gasteiger partial charge < -0.3 is 15.2 Å². The Labute approximate surface area is 73.2 Å². The van der Waals surface area contributed by atoms with Crippen molar-refractivity contribution in [2.24, 2.45) is 0 Å². The number of hydrogen-bond acceptors (Lipinski definition) is 4. The molecule has 0 bridgehead atoms. The number of nitrogen functional groups attached to an aromatic ring is 1. The molecule has 2 rings (SSSR count). The Kier molecular flexibility index (Phi) is 1.63. The second-order valence-electron chi connectivity index (χ2n) is 2.55. The number of nitrogens with one attached hydrogen (secondary N) is 1. The van der Waals surface area contributed by atoms with Gasteiger partial charge in [-0.1, -0.05) is 5.16 Å². The van der Waals surface area contributed by atoms with Crippen LogP contribution >= 0.6 is 0 Å². The Morgan fingerprint density at radius 2 is 2.38 bits per heavy atom. The first-order valence-electron chi connectivity index (χ1n) is 3.66. The number of aromatic amines is 1. The number of rotatable bonds is 1. The van der Waals surface area contributed by atoms with Crippen molar-refractivity contribution < 1.29 is 4.52 Å². The fourth-order valence-corrected chi connectivity index (χ4v) is 1.08. The summed E-state index contributed by atoms with van der Waals surface area (Å²) < 4.78 is 4.65. The molecule has 0 unspecified atom stereocenters. The zero-order valence-electron chi connectivity index (χ0n) is 6.65. The minimum atomic E-state index is -0.307. The van der Waals surface area contributed by atoms with Crippen LogP contribution in [0, 0.1) is 0 Å². The predicted molar refractivity (Wildman–Crippen MR) is 47.0 cm³/mol. The fourth-order valence-electron chi connectivity index (χ4n) is 1.08. The van der Waals surface area contributed by atoms with E-state index in [4.69, 9.17) is 5.73 Å². The zero-order valence-corrected chi connectivity index (χ0v) is 6.65. The lowest BCUT2D eigenvalue weighted by molar-refractivity contribution is 0.420. The van der Waals surface area contributed by atoms with Gasteiger partial charge in [-0.15, -0.1) is 0 Å². The van der Waals surface area contributed by atoms with Crippen molar-refractivity contribution in [3.8, 4) is 11.1 Å². The maximum Gasteiger partial charge on any atom is 0.271 e. The van der Waals surface area contributed by atoms with Gasteiger partial charge in [0.1, 0.15) is 12.0 Å². The summed E-state index contributed by atoms with van der Waals surface area (Å²) in [6.45, 7) is 0. The third-order valence-electron chi connectivity index (χ3n) is 1.74. The normalized spacial score (nSPS) is 10.2. The topological polar surface area (TPSA) is 84.9 Å². The van der Waals surface area contributed by atoms with Gasteiger partial charge in [0.25, 0.3) is 5.56 Å². The Balaban J connectivity index is 2.66. The summed E-state index contributed by atoms with van der Waals surface area (Å²) in [7, 11) is 0. The molecule has 2 heterocycles. The third-order valence-corrected chi connectivity index (χ3v) is 1.74. The second kappa shape index (κ2) is 2.78. The Morgan fingerprint density at radius 3 is 3.08 bits per heavy atom. The van der Waals surface area contributed by atoms with Crippen molar-refractivity contribution in [2.75, 3.05) is 5.73 Å². The summed E-state index contributed by atoms with van der Waals surface area (Å²) in [5.41, 5.74) is 6.75. The number of nitrogens with zero attached hydrogens (tertiary/aromatic N) is 1. The van der Waals surface area contributed by atoms with Gasteiger partial charge in [0.15, 0.2) is 0 Å². The highest BCUT2D eigenvalue weighted by atomic mass is 16.5. The number of nitrogens with two attached hydrogens (primary N) is 1. The van der Waals surface area contributed by atoms with Crippen molar-refractivity contribution in [3.63, 3.8) is 0 Å². The summed E-state index contributed by atoms with van der Waals surface area (Å²) in [5, 5.41) is 3.53. The monoisotopic (exact) mass is 177 g/mol. The molecule has 0 aliphatic rings. The summed E-state index contributed by atoms with van der Waals surface area (Å²) in [4.78, 5) is 13.6. The molecule has 0 aliphatic carbocycles. The van der Waals surface area contributed by atoms with Gasteiger partial charge in [-0.2, -0.15) is 0 Å². The Hall–Kier alpha value is -2.04. The van der Waals surface area contributed by atoms with Crippen molar-refractivity contribution in [1.29, 1.82) is 0 Å². The molecule has 0 fully saturated rings. The molecule has 66 valence electrons. The molecule has 5 nitrogen and oxygen atoms in total. The van der Waals surface area contributed by atoms with Gasteiger partial charge in [-0.25, -0.2) is 0 Å². The molecule has 0 spiro atoms. The standard InChI is InChI=1S/C8H7N3O2/c9-7-6(1-2-10-8(7)12)5-3-11-13-4-5/h1-4H,9H2,(H,10,12). The predicted octanol–water partition coefficient (Wildman–Crippen LogP) is 0.612. The van der Waals surface area contributed by atoms with Crippen LogP contribution in [0.25, 0.3) is 11.1 Å². The molecule has 0 aromatic carbocycles. The van der Waals surface area contributed by atoms with Crippen molar-refractivity contribution in [2.45, 2.75) is 0 Å². The molecule has 0 saturated carbocycles. The number of H-pyrrole nitrogens is 1. The van der Waals surface area contributed by atoms with Crippen LogP contribution in [0.1, 0.15) is 0 Å². The Morgan fingerprint density at radius 1 is 1.54 bits per heavy atom. The summed E-state index contributed by atoms with van der Waals surface area (Å²) in [5.74, 6) is 0. The van der Waals surface area contributed by atoms with Crippen LogP contribution in [-0.4, -0.2) is 10.1 Å². The van der Waals surface area contributed by atoms with E-state index in [1.807, 2.05) is 0 Å². The zero-order chi connectivity index (χ0) is 9.26. The minimum Gasteiger partial charge on any atom is -0.394 e. The van der Waals surface area contributed by atoms with E-state index < -0.39 is 0 Å². The minimum absolute atomic E-state index is 0.172. The van der Waals surface area contributed by atoms with Gasteiger partial charge in [-0.3, -0.25) is 4.79 Å². The first-order valence-corrected chi connectivity index (χ1v) is 3.66. The average molecular weight is 177 g/mol. The molecule has 0 saturated heterocycles. The van der Waals surface area contributed by atoms with E-state index in [0.29, 0.717) is 11.1 Å². The maximum absolute atomic E-state index is 11.1. The lowest BCUT2D eigenvalue weighted by Crippen LogP contribution is -2.11. The molecular formula is C8H7N3O2. The van der Waals surface area contributed by atoms with Gasteiger partial charge in [0.2, 0.25) is 0 Å². The largest absolute Gasteiger partial charge is 0.394 e. The highest BCUT2D eigenvalue weighted by Crippen LogP contribution is 2.21. The van der Waals surface area contributed by atoms with Crippen LogP contribution in [0.5, 0.6) is 0 Å². The highest BCUT2D eigenvalue weighted by molar-refractivity contribution is 5.73. The molecule has 0 amide bonds. The lowest BCUT2D eigenvalue weighted by atomic mass is 10.1. The van der Waals surface area contributed by atoms with Crippen molar-refractivity contribution in [1.82, 2.24) is 10.1 Å². The highest BCUT2D eigenvalue weighted by Gasteiger charge is 2.06. The van der Waals surface area contributed by atoms with Gasteiger partial charge >= 0.3 is 0 Å². The summed E-state index contributed by atoms with van der Waals surface area (Å²) in [6.07, 6.45) is 4.47. The van der Waals surface area contributed by atoms with Gasteiger partial charge in [0.05, 0.1) is 6.20 Å². The van der Waals surface area contributed by atoms with Crippen LogP contribution in [-0.2, 0) is 0 Å². The first kappa shape index (κ1) is 7.60. The van der Waals surface area contributed by atoms with E-state index in [0.717, 1.165) is 0 Å². The van der Waals surface area contributed by atoms with E-state index >= 15 is 0 Å². The van der Waals surface area contributed by atoms with Gasteiger partial charge in [-0.05, 0) is 6.07 Å².